The van der Waals surface area contributed by atoms with Crippen LogP contribution in [0.5, 0.6) is 5.75 Å². The lowest BCUT2D eigenvalue weighted by Crippen LogP contribution is -2.20. The van der Waals surface area contributed by atoms with Gasteiger partial charge in [0.05, 0.1) is 27.2 Å². The molecule has 3 aromatic heterocycles. The highest BCUT2D eigenvalue weighted by atomic mass is 35.5. The van der Waals surface area contributed by atoms with Crippen molar-refractivity contribution < 1.29 is 9.15 Å². The molecule has 7 aromatic rings. The van der Waals surface area contributed by atoms with Crippen LogP contribution in [0.1, 0.15) is 22.5 Å². The van der Waals surface area contributed by atoms with Crippen LogP contribution in [0.3, 0.4) is 0 Å². The third kappa shape index (κ3) is 5.69. The predicted octanol–water partition coefficient (Wildman–Crippen LogP) is 9.64. The highest BCUT2D eigenvalue weighted by Gasteiger charge is 2.17. The number of hydrogen-bond donors (Lipinski definition) is 0. The Hall–Kier alpha value is -4.82. The Bertz CT molecular complexity index is 2350. The summed E-state index contributed by atoms with van der Waals surface area (Å²) in [5.74, 6) is 1.42. The molecule has 228 valence electrons. The largest absolute Gasteiger partial charge is 0.489 e. The Morgan fingerprint density at radius 2 is 1.70 bits per heavy atom. The molecule has 0 aliphatic rings. The average molecular weight is 668 g/mol. The lowest BCUT2D eigenvalue weighted by atomic mass is 10.2. The number of aryl methyl sites for hydroxylation is 1. The molecule has 4 aromatic carbocycles. The van der Waals surface area contributed by atoms with Gasteiger partial charge in [0, 0.05) is 33.0 Å². The number of aromatic nitrogens is 3. The highest BCUT2D eigenvalue weighted by Crippen LogP contribution is 2.30. The lowest BCUT2D eigenvalue weighted by molar-refractivity contribution is 0.306. The summed E-state index contributed by atoms with van der Waals surface area (Å²) in [6.45, 7) is 4.40. The number of fused-ring (bicyclic) bond motifs is 2. The molecule has 0 aliphatic heterocycles. The molecule has 7 rings (SSSR count). The second-order valence-corrected chi connectivity index (χ2v) is 12.1. The first-order chi connectivity index (χ1) is 22.2. The Morgan fingerprint density at radius 3 is 2.50 bits per heavy atom. The van der Waals surface area contributed by atoms with Crippen molar-refractivity contribution in [2.45, 2.75) is 20.5 Å². The quantitative estimate of drug-likeness (QED) is 0.159. The predicted molar refractivity (Wildman–Crippen MR) is 185 cm³/mol. The molecule has 0 fully saturated rings. The van der Waals surface area contributed by atoms with E-state index < -0.39 is 0 Å². The fourth-order valence-electron chi connectivity index (χ4n) is 5.44. The van der Waals surface area contributed by atoms with Gasteiger partial charge in [-0.2, -0.15) is 9.78 Å². The molecule has 10 heteroatoms. The van der Waals surface area contributed by atoms with Gasteiger partial charge in [0.15, 0.2) is 5.76 Å². The molecule has 7 nitrogen and oxygen atoms in total. The van der Waals surface area contributed by atoms with Gasteiger partial charge in [0.25, 0.3) is 5.56 Å². The molecule has 46 heavy (non-hydrogen) atoms. The van der Waals surface area contributed by atoms with E-state index in [0.717, 1.165) is 39.3 Å². The fourth-order valence-corrected chi connectivity index (χ4v) is 5.94. The van der Waals surface area contributed by atoms with E-state index in [1.807, 2.05) is 62.4 Å². The first-order valence-corrected chi connectivity index (χ1v) is 15.5. The lowest BCUT2D eigenvalue weighted by Gasteiger charge is -2.12. The smallest absolute Gasteiger partial charge is 0.282 e. The number of rotatable bonds is 7. The van der Waals surface area contributed by atoms with Crippen molar-refractivity contribution in [2.75, 3.05) is 0 Å². The molecule has 0 N–H and O–H groups in total. The normalized spacial score (nSPS) is 11.7. The van der Waals surface area contributed by atoms with Crippen LogP contribution in [0.4, 0.5) is 0 Å². The minimum atomic E-state index is -0.305. The van der Waals surface area contributed by atoms with Crippen molar-refractivity contribution in [3.8, 4) is 23.0 Å². The van der Waals surface area contributed by atoms with Crippen LogP contribution < -0.4 is 10.3 Å². The van der Waals surface area contributed by atoms with E-state index in [0.29, 0.717) is 43.9 Å². The van der Waals surface area contributed by atoms with Gasteiger partial charge in [-0.05, 0) is 98.3 Å². The van der Waals surface area contributed by atoms with Crippen LogP contribution in [0.15, 0.2) is 111 Å². The van der Waals surface area contributed by atoms with Gasteiger partial charge >= 0.3 is 0 Å². The summed E-state index contributed by atoms with van der Waals surface area (Å²) in [5.41, 5.74) is 5.56. The number of para-hydroxylation sites is 1. The molecular weight excluding hydrogens is 643 g/mol. The van der Waals surface area contributed by atoms with Gasteiger partial charge in [-0.1, -0.05) is 53.0 Å². The zero-order valence-corrected chi connectivity index (χ0v) is 26.9. The monoisotopic (exact) mass is 666 g/mol. The minimum Gasteiger partial charge on any atom is -0.489 e. The topological polar surface area (TPSA) is 74.5 Å². The first-order valence-electron chi connectivity index (χ1n) is 14.4. The van der Waals surface area contributed by atoms with E-state index >= 15 is 0 Å². The molecule has 0 aliphatic carbocycles. The van der Waals surface area contributed by atoms with Crippen LogP contribution >= 0.6 is 34.8 Å². The van der Waals surface area contributed by atoms with E-state index in [2.05, 4.69) is 9.67 Å². The maximum atomic E-state index is 13.7. The van der Waals surface area contributed by atoms with Crippen molar-refractivity contribution in [1.82, 2.24) is 14.2 Å². The summed E-state index contributed by atoms with van der Waals surface area (Å²) in [6.07, 6.45) is 1.68. The fraction of sp³-hybridized carbons (Fsp3) is 0.0833. The zero-order valence-electron chi connectivity index (χ0n) is 24.7. The summed E-state index contributed by atoms with van der Waals surface area (Å²) in [7, 11) is 0. The summed E-state index contributed by atoms with van der Waals surface area (Å²) in [4.78, 5) is 18.5. The van der Waals surface area contributed by atoms with Gasteiger partial charge in [-0.15, -0.1) is 0 Å². The van der Waals surface area contributed by atoms with Crippen LogP contribution in [0.25, 0.3) is 39.1 Å². The standard InChI is InChI=1S/C36H25Cl3N4O3/c1-21-15-25(22(2)42(21)27-9-11-28(12-10-27)45-20-23-7-13-30(38)31(39)16-23)19-40-43-35(41-32-6-4-3-5-29(32)36(43)44)34-18-24-17-26(37)8-14-33(24)46-34/h3-19H,20H2,1-2H3. The molecular formula is C36H25Cl3N4O3. The SMILES string of the molecule is Cc1cc(C=Nn2c(-c3cc4cc(Cl)ccc4o3)nc3ccccc3c2=O)c(C)n1-c1ccc(OCc2ccc(Cl)c(Cl)c2)cc1. The van der Waals surface area contributed by atoms with Crippen molar-refractivity contribution in [3.63, 3.8) is 0 Å². The number of benzene rings is 4. The molecule has 0 radical (unpaired) electrons. The van der Waals surface area contributed by atoms with E-state index in [4.69, 9.17) is 48.9 Å². The summed E-state index contributed by atoms with van der Waals surface area (Å²) in [6, 6.07) is 29.6. The van der Waals surface area contributed by atoms with Gasteiger partial charge in [0.2, 0.25) is 5.82 Å². The van der Waals surface area contributed by atoms with Gasteiger partial charge in [-0.25, -0.2) is 4.98 Å². The van der Waals surface area contributed by atoms with E-state index in [1.54, 1.807) is 54.7 Å². The average Bonchev–Trinajstić information content (AvgIpc) is 3.60. The third-order valence-corrected chi connectivity index (χ3v) is 8.69. The highest BCUT2D eigenvalue weighted by molar-refractivity contribution is 6.42. The molecule has 0 spiro atoms. The van der Waals surface area contributed by atoms with Crippen molar-refractivity contribution in [1.29, 1.82) is 0 Å². The Balaban J connectivity index is 1.20. The Labute approximate surface area is 278 Å². The first kappa shape index (κ1) is 29.9. The molecule has 0 unspecified atom stereocenters. The summed E-state index contributed by atoms with van der Waals surface area (Å²) < 4.78 is 15.5. The van der Waals surface area contributed by atoms with E-state index in [-0.39, 0.29) is 11.4 Å². The van der Waals surface area contributed by atoms with Crippen LogP contribution in [-0.2, 0) is 6.61 Å². The Morgan fingerprint density at radius 1 is 0.891 bits per heavy atom. The second kappa shape index (κ2) is 12.2. The van der Waals surface area contributed by atoms with Crippen molar-refractivity contribution >= 4 is 62.9 Å². The summed E-state index contributed by atoms with van der Waals surface area (Å²) in [5, 5.41) is 7.50. The van der Waals surface area contributed by atoms with Crippen LogP contribution in [0.2, 0.25) is 15.1 Å². The van der Waals surface area contributed by atoms with Crippen LogP contribution in [-0.4, -0.2) is 20.4 Å². The van der Waals surface area contributed by atoms with Crippen molar-refractivity contribution in [2.24, 2.45) is 5.10 Å². The Kier molecular flexibility index (Phi) is 7.90. The molecule has 0 saturated heterocycles. The van der Waals surface area contributed by atoms with Gasteiger partial charge in [0.1, 0.15) is 17.9 Å². The van der Waals surface area contributed by atoms with Crippen LogP contribution in [0, 0.1) is 13.8 Å². The van der Waals surface area contributed by atoms with E-state index in [1.165, 1.54) is 4.68 Å². The van der Waals surface area contributed by atoms with Crippen molar-refractivity contribution in [3.05, 3.63) is 145 Å². The molecule has 0 atom stereocenters. The number of nitrogens with zero attached hydrogens (tertiary/aromatic N) is 4. The van der Waals surface area contributed by atoms with Gasteiger partial charge < -0.3 is 13.7 Å². The maximum absolute atomic E-state index is 13.7. The zero-order chi connectivity index (χ0) is 31.9. The number of halogens is 3. The molecule has 0 bridgehead atoms. The summed E-state index contributed by atoms with van der Waals surface area (Å²) >= 11 is 18.4. The second-order valence-electron chi connectivity index (χ2n) is 10.8. The molecule has 0 amide bonds. The third-order valence-electron chi connectivity index (χ3n) is 7.72. The number of hydrogen-bond acceptors (Lipinski definition) is 5. The minimum absolute atomic E-state index is 0.289. The number of furan rings is 1. The van der Waals surface area contributed by atoms with Gasteiger partial charge in [-0.3, -0.25) is 4.79 Å². The number of ether oxygens (including phenoxy) is 1. The molecule has 3 heterocycles. The van der Waals surface area contributed by atoms with E-state index in [9.17, 15) is 4.79 Å². The maximum Gasteiger partial charge on any atom is 0.282 e. The molecule has 0 saturated carbocycles.